The highest BCUT2D eigenvalue weighted by Crippen LogP contribution is 2.34. The molecule has 2 heterocycles. The van der Waals surface area contributed by atoms with Gasteiger partial charge >= 0.3 is 0 Å². The van der Waals surface area contributed by atoms with Gasteiger partial charge in [0.25, 0.3) is 0 Å². The molecule has 0 bridgehead atoms. The number of nitrogens with zero attached hydrogens (tertiary/aromatic N) is 2. The summed E-state index contributed by atoms with van der Waals surface area (Å²) >= 11 is 1.53. The van der Waals surface area contributed by atoms with Crippen molar-refractivity contribution < 1.29 is 4.74 Å². The molecule has 3 rings (SSSR count). The number of hydrogen-bond acceptors (Lipinski definition) is 6. The molecule has 0 saturated carbocycles. The van der Waals surface area contributed by atoms with Crippen molar-refractivity contribution in [2.45, 2.75) is 17.6 Å². The van der Waals surface area contributed by atoms with Gasteiger partial charge in [-0.05, 0) is 12.3 Å². The van der Waals surface area contributed by atoms with E-state index in [2.05, 4.69) is 26.7 Å². The van der Waals surface area contributed by atoms with Gasteiger partial charge in [-0.2, -0.15) is 0 Å². The quantitative estimate of drug-likeness (QED) is 0.668. The summed E-state index contributed by atoms with van der Waals surface area (Å²) in [5, 5.41) is 7.33. The zero-order chi connectivity index (χ0) is 14.7. The van der Waals surface area contributed by atoms with Crippen LogP contribution in [0.25, 0.3) is 0 Å². The Balaban J connectivity index is 1.87. The van der Waals surface area contributed by atoms with Gasteiger partial charge in [-0.1, -0.05) is 30.0 Å². The van der Waals surface area contributed by atoms with Crippen LogP contribution in [0.3, 0.4) is 0 Å². The Morgan fingerprint density at radius 2 is 2.05 bits per heavy atom. The Labute approximate surface area is 128 Å². The number of anilines is 2. The van der Waals surface area contributed by atoms with E-state index in [1.54, 1.807) is 0 Å². The number of rotatable bonds is 4. The van der Waals surface area contributed by atoms with Crippen LogP contribution in [0.4, 0.5) is 11.6 Å². The second kappa shape index (κ2) is 6.22. The van der Waals surface area contributed by atoms with Crippen molar-refractivity contribution >= 4 is 23.4 Å². The van der Waals surface area contributed by atoms with E-state index < -0.39 is 0 Å². The van der Waals surface area contributed by atoms with Gasteiger partial charge in [0.2, 0.25) is 0 Å². The number of aromatic nitrogens is 2. The average molecular weight is 302 g/mol. The molecule has 110 valence electrons. The minimum Gasteiger partial charge on any atom is -0.493 e. The predicted molar refractivity (Wildman–Crippen MR) is 86.3 cm³/mol. The first-order valence-corrected chi connectivity index (χ1v) is 8.11. The zero-order valence-corrected chi connectivity index (χ0v) is 12.9. The molecule has 0 saturated heterocycles. The lowest BCUT2D eigenvalue weighted by Gasteiger charge is -2.27. The second-order valence-corrected chi connectivity index (χ2v) is 5.52. The van der Waals surface area contributed by atoms with E-state index in [9.17, 15) is 0 Å². The number of thioether (sulfide) groups is 1. The van der Waals surface area contributed by atoms with Crippen molar-refractivity contribution in [1.29, 1.82) is 0 Å². The molecule has 1 aromatic carbocycles. The number of fused-ring (bicyclic) bond motifs is 1. The lowest BCUT2D eigenvalue weighted by atomic mass is 10.0. The Kier molecular flexibility index (Phi) is 4.15. The molecule has 1 aliphatic heterocycles. The fourth-order valence-electron chi connectivity index (χ4n) is 2.39. The molecule has 21 heavy (non-hydrogen) atoms. The van der Waals surface area contributed by atoms with Crippen molar-refractivity contribution in [2.24, 2.45) is 0 Å². The predicted octanol–water partition coefficient (Wildman–Crippen LogP) is 3.18. The SMILES string of the molecule is CNc1cc(NC2CCOc3ccccc32)nc(SC)n1. The van der Waals surface area contributed by atoms with Crippen LogP contribution in [0.1, 0.15) is 18.0 Å². The molecule has 1 atom stereocenters. The van der Waals surface area contributed by atoms with Crippen LogP contribution in [-0.2, 0) is 0 Å². The summed E-state index contributed by atoms with van der Waals surface area (Å²) in [5.41, 5.74) is 1.18. The van der Waals surface area contributed by atoms with Gasteiger partial charge in [-0.3, -0.25) is 0 Å². The summed E-state index contributed by atoms with van der Waals surface area (Å²) in [6.45, 7) is 0.716. The molecule has 6 heteroatoms. The van der Waals surface area contributed by atoms with Crippen LogP contribution < -0.4 is 15.4 Å². The molecular formula is C15H18N4OS. The summed E-state index contributed by atoms with van der Waals surface area (Å²) in [7, 11) is 1.86. The van der Waals surface area contributed by atoms with Gasteiger partial charge in [-0.15, -0.1) is 0 Å². The normalized spacial score (nSPS) is 16.8. The van der Waals surface area contributed by atoms with Crippen molar-refractivity contribution in [1.82, 2.24) is 9.97 Å². The number of benzene rings is 1. The first-order valence-electron chi connectivity index (χ1n) is 6.89. The lowest BCUT2D eigenvalue weighted by molar-refractivity contribution is 0.274. The van der Waals surface area contributed by atoms with Crippen molar-refractivity contribution in [3.05, 3.63) is 35.9 Å². The van der Waals surface area contributed by atoms with Crippen LogP contribution in [0.15, 0.2) is 35.5 Å². The fraction of sp³-hybridized carbons (Fsp3) is 0.333. The van der Waals surface area contributed by atoms with Crippen molar-refractivity contribution in [3.8, 4) is 5.75 Å². The maximum Gasteiger partial charge on any atom is 0.191 e. The highest BCUT2D eigenvalue weighted by Gasteiger charge is 2.21. The highest BCUT2D eigenvalue weighted by atomic mass is 32.2. The van der Waals surface area contributed by atoms with Crippen LogP contribution in [0.5, 0.6) is 5.75 Å². The molecular weight excluding hydrogens is 284 g/mol. The minimum atomic E-state index is 0.212. The van der Waals surface area contributed by atoms with Gasteiger partial charge < -0.3 is 15.4 Å². The topological polar surface area (TPSA) is 59.1 Å². The third kappa shape index (κ3) is 3.05. The second-order valence-electron chi connectivity index (χ2n) is 4.75. The largest absolute Gasteiger partial charge is 0.493 e. The summed E-state index contributed by atoms with van der Waals surface area (Å²) in [6, 6.07) is 10.3. The molecule has 0 aliphatic carbocycles. The van der Waals surface area contributed by atoms with E-state index in [1.165, 1.54) is 17.3 Å². The summed E-state index contributed by atoms with van der Waals surface area (Å²) < 4.78 is 5.69. The first kappa shape index (κ1) is 14.0. The molecule has 2 N–H and O–H groups in total. The van der Waals surface area contributed by atoms with Gasteiger partial charge in [0.1, 0.15) is 17.4 Å². The Hall–Kier alpha value is -1.95. The number of nitrogens with one attached hydrogen (secondary N) is 2. The Bertz CT molecular complexity index is 613. The molecule has 0 fully saturated rings. The molecule has 0 spiro atoms. The van der Waals surface area contributed by atoms with E-state index in [0.29, 0.717) is 6.61 Å². The molecule has 1 aliphatic rings. The van der Waals surface area contributed by atoms with Crippen LogP contribution in [0, 0.1) is 0 Å². The summed E-state index contributed by atoms with van der Waals surface area (Å²) in [6.07, 6.45) is 2.90. The third-order valence-electron chi connectivity index (χ3n) is 3.42. The molecule has 1 aromatic heterocycles. The van der Waals surface area contributed by atoms with Crippen LogP contribution >= 0.6 is 11.8 Å². The van der Waals surface area contributed by atoms with Crippen LogP contribution in [0.2, 0.25) is 0 Å². The van der Waals surface area contributed by atoms with Crippen LogP contribution in [-0.4, -0.2) is 29.9 Å². The maximum absolute atomic E-state index is 5.69. The zero-order valence-electron chi connectivity index (χ0n) is 12.1. The molecule has 0 amide bonds. The average Bonchev–Trinajstić information content (AvgIpc) is 2.55. The van der Waals surface area contributed by atoms with Gasteiger partial charge in [0, 0.05) is 25.1 Å². The van der Waals surface area contributed by atoms with Crippen molar-refractivity contribution in [2.75, 3.05) is 30.5 Å². The maximum atomic E-state index is 5.69. The highest BCUT2D eigenvalue weighted by molar-refractivity contribution is 7.98. The molecule has 1 unspecified atom stereocenters. The monoisotopic (exact) mass is 302 g/mol. The summed E-state index contributed by atoms with van der Waals surface area (Å²) in [4.78, 5) is 8.91. The number of hydrogen-bond donors (Lipinski definition) is 2. The molecule has 5 nitrogen and oxygen atoms in total. The summed E-state index contributed by atoms with van der Waals surface area (Å²) in [5.74, 6) is 2.60. The van der Waals surface area contributed by atoms with Gasteiger partial charge in [0.15, 0.2) is 5.16 Å². The smallest absolute Gasteiger partial charge is 0.191 e. The molecule has 2 aromatic rings. The number of para-hydroxylation sites is 1. The number of ether oxygens (including phenoxy) is 1. The van der Waals surface area contributed by atoms with Crippen molar-refractivity contribution in [3.63, 3.8) is 0 Å². The van der Waals surface area contributed by atoms with E-state index >= 15 is 0 Å². The third-order valence-corrected chi connectivity index (χ3v) is 3.97. The van der Waals surface area contributed by atoms with E-state index in [-0.39, 0.29) is 6.04 Å². The van der Waals surface area contributed by atoms with E-state index in [4.69, 9.17) is 4.74 Å². The van der Waals surface area contributed by atoms with Gasteiger partial charge in [-0.25, -0.2) is 9.97 Å². The molecule has 0 radical (unpaired) electrons. The van der Waals surface area contributed by atoms with Gasteiger partial charge in [0.05, 0.1) is 12.6 Å². The van der Waals surface area contributed by atoms with E-state index in [0.717, 1.165) is 29.0 Å². The Morgan fingerprint density at radius 3 is 2.86 bits per heavy atom. The fourth-order valence-corrected chi connectivity index (χ4v) is 2.77. The standard InChI is InChI=1S/C15H18N4OS/c1-16-13-9-14(19-15(18-13)21-2)17-11-7-8-20-12-6-4-3-5-10(11)12/h3-6,9,11H,7-8H2,1-2H3,(H2,16,17,18,19). The lowest BCUT2D eigenvalue weighted by Crippen LogP contribution is -2.21. The Morgan fingerprint density at radius 1 is 1.24 bits per heavy atom. The first-order chi connectivity index (χ1) is 10.3. The minimum absolute atomic E-state index is 0.212. The van der Waals surface area contributed by atoms with E-state index in [1.807, 2.05) is 37.6 Å².